The Morgan fingerprint density at radius 3 is 1.08 bits per heavy atom. The molecule has 51 heavy (non-hydrogen) atoms. The van der Waals surface area contributed by atoms with Gasteiger partial charge >= 0.3 is 49.2 Å². The number of carbonyl (C=O) groups excluding carboxylic acids is 1. The Hall–Kier alpha value is -3.38. The van der Waals surface area contributed by atoms with Crippen molar-refractivity contribution in [2.24, 2.45) is 0 Å². The van der Waals surface area contributed by atoms with Crippen molar-refractivity contribution in [1.29, 1.82) is 0 Å². The van der Waals surface area contributed by atoms with E-state index in [1.54, 1.807) is 0 Å². The van der Waals surface area contributed by atoms with Gasteiger partial charge in [0.05, 0.1) is 0 Å². The van der Waals surface area contributed by atoms with Crippen molar-refractivity contribution < 1.29 is 111 Å². The number of halogens is 21. The van der Waals surface area contributed by atoms with Gasteiger partial charge in [-0.2, -0.15) is 92.2 Å². The number of ether oxygens (including phenoxy) is 3. The molecule has 0 amide bonds. The van der Waals surface area contributed by atoms with Crippen molar-refractivity contribution in [2.45, 2.75) is 80.8 Å². The quantitative estimate of drug-likeness (QED) is 0.149. The summed E-state index contributed by atoms with van der Waals surface area (Å²) in [7, 11) is 0. The second-order valence-electron chi connectivity index (χ2n) is 10.7. The van der Waals surface area contributed by atoms with Gasteiger partial charge in [0.15, 0.2) is 0 Å². The fourth-order valence-corrected chi connectivity index (χ4v) is 3.48. The highest BCUT2D eigenvalue weighted by Gasteiger charge is 2.76. The van der Waals surface area contributed by atoms with Gasteiger partial charge < -0.3 is 14.2 Å². The second kappa shape index (κ2) is 14.9. The van der Waals surface area contributed by atoms with Crippen LogP contribution < -0.4 is 0 Å². The van der Waals surface area contributed by atoms with E-state index in [0.29, 0.717) is 0 Å². The first-order valence-corrected chi connectivity index (χ1v) is 12.6. The summed E-state index contributed by atoms with van der Waals surface area (Å²) in [5.74, 6) is -1.43. The van der Waals surface area contributed by atoms with Crippen LogP contribution in [0.15, 0.2) is 36.9 Å². The van der Waals surface area contributed by atoms with Gasteiger partial charge in [0.25, 0.3) is 11.2 Å². The fraction of sp³-hybridized carbons (Fsp3) is 0.577. The van der Waals surface area contributed by atoms with Gasteiger partial charge in [0, 0.05) is 11.1 Å². The molecule has 0 saturated carbocycles. The van der Waals surface area contributed by atoms with E-state index in [0.717, 1.165) is 0 Å². The molecule has 1 aromatic carbocycles. The summed E-state index contributed by atoms with van der Waals surface area (Å²) in [5, 5.41) is 0. The molecule has 0 saturated heterocycles. The topological polar surface area (TPSA) is 44.8 Å². The van der Waals surface area contributed by atoms with Gasteiger partial charge in [0.2, 0.25) is 0 Å². The van der Waals surface area contributed by atoms with Crippen molar-refractivity contribution in [2.75, 3.05) is 13.2 Å². The van der Waals surface area contributed by atoms with Crippen molar-refractivity contribution in [3.63, 3.8) is 0 Å². The first-order valence-electron chi connectivity index (χ1n) is 12.6. The first kappa shape index (κ1) is 47.6. The van der Waals surface area contributed by atoms with Gasteiger partial charge in [-0.15, -0.1) is 0 Å². The summed E-state index contributed by atoms with van der Waals surface area (Å²) >= 11 is 0. The number of benzene rings is 1. The van der Waals surface area contributed by atoms with E-state index in [9.17, 15) is 97.0 Å². The fourth-order valence-electron chi connectivity index (χ4n) is 3.48. The average Bonchev–Trinajstić information content (AvgIpc) is 2.82. The minimum absolute atomic E-state index is 0.0650. The van der Waals surface area contributed by atoms with Crippen molar-refractivity contribution in [3.05, 3.63) is 53.6 Å². The molecule has 0 aliphatic carbocycles. The molecule has 25 heteroatoms. The molecule has 1 aromatic rings. The number of rotatable bonds is 8. The number of carbonyl (C=O) groups is 1. The molecule has 0 bridgehead atoms. The molecule has 0 unspecified atom stereocenters. The standard InChI is InChI=1S/C18H10F18O2.C8H11F3O2/c1-2-8-3-9(13(15(25,26)27,16(28,29)30)37-6-11(19,20)21)5-10(4-8)14(17(31,32)33,18(34,35)36)38-7-12(22,23)24;1-5(8(9,10)11)6(12)13-7(2,3)4/h2-5H,1,6-7H2;1H2,2-4H3. The molecule has 0 N–H and O–H groups in total. The molecule has 0 aliphatic heterocycles. The molecular formula is C26H21F21O4. The highest BCUT2D eigenvalue weighted by molar-refractivity contribution is 5.89. The van der Waals surface area contributed by atoms with Crippen molar-refractivity contribution >= 4 is 12.0 Å². The molecule has 0 atom stereocenters. The van der Waals surface area contributed by atoms with E-state index in [1.165, 1.54) is 20.8 Å². The Labute approximate surface area is 271 Å². The Bertz CT molecular complexity index is 1260. The normalized spacial score (nSPS) is 14.4. The molecular weight excluding hydrogens is 775 g/mol. The van der Waals surface area contributed by atoms with Gasteiger partial charge in [-0.3, -0.25) is 0 Å². The lowest BCUT2D eigenvalue weighted by Gasteiger charge is -2.40. The summed E-state index contributed by atoms with van der Waals surface area (Å²) < 4.78 is 286. The smallest absolute Gasteiger partial charge is 0.430 e. The third-order valence-corrected chi connectivity index (χ3v) is 5.49. The van der Waals surface area contributed by atoms with Gasteiger partial charge in [-0.1, -0.05) is 19.2 Å². The summed E-state index contributed by atoms with van der Waals surface area (Å²) in [5.41, 5.74) is -22.0. The first-order chi connectivity index (χ1) is 22.1. The van der Waals surface area contributed by atoms with Crippen LogP contribution in [-0.2, 0) is 30.2 Å². The van der Waals surface area contributed by atoms with Gasteiger partial charge in [0.1, 0.15) is 24.4 Å². The summed E-state index contributed by atoms with van der Waals surface area (Å²) in [6.45, 7) is 3.05. The predicted molar refractivity (Wildman–Crippen MR) is 129 cm³/mol. The molecule has 296 valence electrons. The maximum atomic E-state index is 13.7. The van der Waals surface area contributed by atoms with Crippen LogP contribution in [0.2, 0.25) is 0 Å². The number of alkyl halides is 21. The lowest BCUT2D eigenvalue weighted by atomic mass is 9.83. The lowest BCUT2D eigenvalue weighted by molar-refractivity contribution is -0.402. The maximum Gasteiger partial charge on any atom is 0.430 e. The van der Waals surface area contributed by atoms with E-state index < -0.39 is 120 Å². The zero-order valence-corrected chi connectivity index (χ0v) is 25.2. The summed E-state index contributed by atoms with van der Waals surface area (Å²) in [6, 6.07) is -2.13. The second-order valence-corrected chi connectivity index (χ2v) is 10.7. The van der Waals surface area contributed by atoms with Crippen LogP contribution in [0.1, 0.15) is 37.5 Å². The Kier molecular flexibility index (Phi) is 13.9. The van der Waals surface area contributed by atoms with Gasteiger partial charge in [-0.05, 0) is 44.5 Å². The Balaban J connectivity index is 0.00000162. The van der Waals surface area contributed by atoms with Crippen LogP contribution in [-0.4, -0.2) is 68.0 Å². The molecule has 0 fully saturated rings. The Morgan fingerprint density at radius 2 is 0.882 bits per heavy atom. The molecule has 0 heterocycles. The van der Waals surface area contributed by atoms with Crippen molar-refractivity contribution in [1.82, 2.24) is 0 Å². The van der Waals surface area contributed by atoms with Crippen molar-refractivity contribution in [3.8, 4) is 0 Å². The molecule has 4 nitrogen and oxygen atoms in total. The lowest BCUT2D eigenvalue weighted by Crippen LogP contribution is -2.58. The minimum Gasteiger partial charge on any atom is -0.456 e. The van der Waals surface area contributed by atoms with Crippen LogP contribution in [0.5, 0.6) is 0 Å². The zero-order valence-electron chi connectivity index (χ0n) is 25.2. The van der Waals surface area contributed by atoms with E-state index in [1.807, 2.05) is 0 Å². The monoisotopic (exact) mass is 796 g/mol. The van der Waals surface area contributed by atoms with E-state index in [4.69, 9.17) is 0 Å². The van der Waals surface area contributed by atoms with E-state index >= 15 is 0 Å². The van der Waals surface area contributed by atoms with Crippen LogP contribution in [0, 0.1) is 0 Å². The largest absolute Gasteiger partial charge is 0.456 e. The van der Waals surface area contributed by atoms with Crippen LogP contribution in [0.4, 0.5) is 92.2 Å². The Morgan fingerprint density at radius 1 is 0.588 bits per heavy atom. The third kappa shape index (κ3) is 12.1. The predicted octanol–water partition coefficient (Wildman–Crippen LogP) is 10.6. The highest BCUT2D eigenvalue weighted by atomic mass is 19.4. The number of hydrogen-bond donors (Lipinski definition) is 0. The van der Waals surface area contributed by atoms with Crippen LogP contribution in [0.3, 0.4) is 0 Å². The summed E-state index contributed by atoms with van der Waals surface area (Å²) in [4.78, 5) is 10.8. The number of esters is 1. The highest BCUT2D eigenvalue weighted by Crippen LogP contribution is 2.57. The molecule has 0 radical (unpaired) electrons. The SMILES string of the molecule is C=C(C(=O)OC(C)(C)C)C(F)(F)F.C=Cc1cc(C(OCC(F)(F)F)(C(F)(F)F)C(F)(F)F)cc(C(OCC(F)(F)F)(C(F)(F)F)C(F)(F)F)c1. The molecule has 0 aromatic heterocycles. The average molecular weight is 796 g/mol. The molecule has 1 rings (SSSR count). The van der Waals surface area contributed by atoms with Crippen LogP contribution >= 0.6 is 0 Å². The summed E-state index contributed by atoms with van der Waals surface area (Å²) in [6.07, 6.45) is -44.7. The molecule has 0 spiro atoms. The maximum absolute atomic E-state index is 13.7. The third-order valence-electron chi connectivity index (χ3n) is 5.49. The van der Waals surface area contributed by atoms with Gasteiger partial charge in [-0.25, -0.2) is 4.79 Å². The van der Waals surface area contributed by atoms with E-state index in [-0.39, 0.29) is 6.08 Å². The number of hydrogen-bond acceptors (Lipinski definition) is 4. The minimum atomic E-state index is -7.04. The molecule has 0 aliphatic rings. The van der Waals surface area contributed by atoms with Crippen LogP contribution in [0.25, 0.3) is 6.08 Å². The zero-order chi connectivity index (χ0) is 41.3. The van der Waals surface area contributed by atoms with E-state index in [2.05, 4.69) is 27.4 Å².